The van der Waals surface area contributed by atoms with Crippen LogP contribution >= 0.6 is 0 Å². The first-order chi connectivity index (χ1) is 34.6. The average molecular weight is 1030 g/mol. The fourth-order valence-electron chi connectivity index (χ4n) is 8.56. The molecule has 0 bridgehead atoms. The number of amides is 7. The van der Waals surface area contributed by atoms with Crippen LogP contribution in [0.15, 0.2) is 35.3 Å². The molecular formula is C48H81N13O12. The van der Waals surface area contributed by atoms with Crippen LogP contribution in [0.25, 0.3) is 0 Å². The van der Waals surface area contributed by atoms with Crippen LogP contribution in [0.3, 0.4) is 0 Å². The number of aliphatic hydroxyl groups excluding tert-OH is 3. The smallest absolute Gasteiger partial charge is 0.328 e. The first-order valence-corrected chi connectivity index (χ1v) is 25.3. The Morgan fingerprint density at radius 1 is 0.685 bits per heavy atom. The lowest BCUT2D eigenvalue weighted by molar-refractivity contribution is -0.145. The van der Waals surface area contributed by atoms with Gasteiger partial charge in [-0.3, -0.25) is 38.6 Å². The SMILES string of the molecule is C[C@H](NC(=O)[C@@H](NC(=O)C1(NC(=O)[C@@H](N)CCCCN[C@H]2C[C@@H]2c2ccccc2)CCCCC1)[C@@H](C)O)C(=O)N[C@@H](CCCN=C(N)N)C(=O)N[C@@H](CCCCN)C(=O)N[C@@H](CO)C(=O)N[C@H](C(=O)O)[C@@H](C)O. The highest BCUT2D eigenvalue weighted by atomic mass is 16.4. The van der Waals surface area contributed by atoms with Gasteiger partial charge in [-0.05, 0) is 104 Å². The lowest BCUT2D eigenvalue weighted by Gasteiger charge is -2.38. The summed E-state index contributed by atoms with van der Waals surface area (Å²) in [5.74, 6) is -7.34. The van der Waals surface area contributed by atoms with E-state index in [4.69, 9.17) is 22.9 Å². The lowest BCUT2D eigenvalue weighted by Crippen LogP contribution is -2.66. The van der Waals surface area contributed by atoms with Crippen molar-refractivity contribution in [3.05, 3.63) is 35.9 Å². The van der Waals surface area contributed by atoms with Gasteiger partial charge in [0.05, 0.1) is 24.9 Å². The molecule has 0 radical (unpaired) electrons. The van der Waals surface area contributed by atoms with Gasteiger partial charge in [0.2, 0.25) is 41.4 Å². The second-order valence-corrected chi connectivity index (χ2v) is 19.1. The maximum Gasteiger partial charge on any atom is 0.328 e. The molecule has 2 fully saturated rings. The van der Waals surface area contributed by atoms with Crippen molar-refractivity contribution in [1.82, 2.24) is 42.5 Å². The summed E-state index contributed by atoms with van der Waals surface area (Å²) in [5, 5.41) is 60.8. The summed E-state index contributed by atoms with van der Waals surface area (Å²) in [7, 11) is 0. The molecule has 7 amide bonds. The molecule has 20 N–H and O–H groups in total. The Morgan fingerprint density at radius 2 is 1.26 bits per heavy atom. The number of hydrogen-bond acceptors (Lipinski definition) is 15. The summed E-state index contributed by atoms with van der Waals surface area (Å²) >= 11 is 0. The second-order valence-electron chi connectivity index (χ2n) is 19.1. The van der Waals surface area contributed by atoms with Gasteiger partial charge in [-0.25, -0.2) is 4.79 Å². The van der Waals surface area contributed by atoms with Gasteiger partial charge in [0.25, 0.3) is 0 Å². The maximum atomic E-state index is 14.1. The quantitative estimate of drug-likeness (QED) is 0.0184. The third-order valence-electron chi connectivity index (χ3n) is 13.0. The molecule has 25 nitrogen and oxygen atoms in total. The average Bonchev–Trinajstić information content (AvgIpc) is 4.13. The minimum Gasteiger partial charge on any atom is -0.480 e. The van der Waals surface area contributed by atoms with Crippen LogP contribution in [0, 0.1) is 0 Å². The van der Waals surface area contributed by atoms with Gasteiger partial charge in [0.15, 0.2) is 12.0 Å². The number of nitrogens with one attached hydrogen (secondary N) is 8. The fourth-order valence-corrected chi connectivity index (χ4v) is 8.56. The minimum atomic E-state index is -1.77. The van der Waals surface area contributed by atoms with Crippen LogP contribution < -0.4 is 65.5 Å². The van der Waals surface area contributed by atoms with E-state index in [2.05, 4.69) is 54.3 Å². The summed E-state index contributed by atoms with van der Waals surface area (Å²) < 4.78 is 0. The first kappa shape index (κ1) is 61.3. The summed E-state index contributed by atoms with van der Waals surface area (Å²) in [6.45, 7) is 3.74. The van der Waals surface area contributed by atoms with Crippen LogP contribution in [0.4, 0.5) is 0 Å². The van der Waals surface area contributed by atoms with E-state index in [1.54, 1.807) is 0 Å². The van der Waals surface area contributed by atoms with Crippen LogP contribution in [-0.4, -0.2) is 166 Å². The Kier molecular flexibility index (Phi) is 26.0. The number of rotatable bonds is 33. The molecule has 73 heavy (non-hydrogen) atoms. The Morgan fingerprint density at radius 3 is 1.84 bits per heavy atom. The molecule has 0 unspecified atom stereocenters. The zero-order valence-corrected chi connectivity index (χ0v) is 42.3. The number of aliphatic hydroxyl groups is 3. The van der Waals surface area contributed by atoms with Crippen molar-refractivity contribution >= 4 is 53.3 Å². The number of carbonyl (C=O) groups is 8. The fraction of sp³-hybridized carbons (Fsp3) is 0.688. The first-order valence-electron chi connectivity index (χ1n) is 25.3. The molecule has 0 aromatic heterocycles. The molecule has 2 aliphatic rings. The Balaban J connectivity index is 1.66. The number of carbonyl (C=O) groups excluding carboxylic acids is 7. The standard InChI is InChI=1S/C48H81N13O12/c1-27(39(65)56-34(19-14-24-54-47(51)52)41(67)57-33(18-8-12-22-49)42(68)58-36(26-62)43(69)59-38(29(3)64)45(71)72)55-44(70)37(28(2)63)60-46(73)48(20-10-5-11-21-48)61-40(66)32(50)17-9-13-23-53-35-25-31(35)30-15-6-4-7-16-30/h4,6-7,15-16,27-29,31-38,53,62-64H,5,8-14,17-26,49-50H2,1-3H3,(H,55,70)(H,56,65)(H,57,67)(H,58,68)(H,59,69)(H,60,73)(H,61,66)(H,71,72)(H4,51,52,54)/t27-,28+,29+,31+,32-,33-,34-,35-,36-,37-,38-/m0/s1. The van der Waals surface area contributed by atoms with Gasteiger partial charge < -0.3 is 85.9 Å². The topological polar surface area (TPSA) is 430 Å². The zero-order valence-electron chi connectivity index (χ0n) is 42.3. The molecule has 1 aromatic carbocycles. The van der Waals surface area contributed by atoms with Crippen molar-refractivity contribution in [1.29, 1.82) is 0 Å². The third kappa shape index (κ3) is 20.4. The van der Waals surface area contributed by atoms with E-state index in [0.29, 0.717) is 50.5 Å². The molecule has 0 spiro atoms. The molecule has 3 rings (SSSR count). The van der Waals surface area contributed by atoms with Crippen LogP contribution in [0.5, 0.6) is 0 Å². The van der Waals surface area contributed by atoms with E-state index in [1.165, 1.54) is 19.4 Å². The number of carboxylic acid groups (broad SMARTS) is 1. The van der Waals surface area contributed by atoms with Gasteiger partial charge in [0, 0.05) is 18.5 Å². The van der Waals surface area contributed by atoms with E-state index in [1.807, 2.05) is 23.5 Å². The van der Waals surface area contributed by atoms with Crippen molar-refractivity contribution in [3.63, 3.8) is 0 Å². The van der Waals surface area contributed by atoms with Crippen molar-refractivity contribution in [3.8, 4) is 0 Å². The normalized spacial score (nSPS) is 19.6. The van der Waals surface area contributed by atoms with Crippen LogP contribution in [0.1, 0.15) is 122 Å². The molecule has 0 saturated heterocycles. The zero-order chi connectivity index (χ0) is 54.3. The van der Waals surface area contributed by atoms with Gasteiger partial charge in [0.1, 0.15) is 35.7 Å². The summed E-state index contributed by atoms with van der Waals surface area (Å²) in [5.41, 5.74) is 22.8. The highest BCUT2D eigenvalue weighted by molar-refractivity contribution is 5.98. The molecule has 2 aliphatic carbocycles. The number of aliphatic imine (C=N–C) groups is 1. The number of benzene rings is 1. The van der Waals surface area contributed by atoms with Gasteiger partial charge in [-0.1, -0.05) is 56.0 Å². The third-order valence-corrected chi connectivity index (χ3v) is 13.0. The van der Waals surface area contributed by atoms with Gasteiger partial charge in [-0.15, -0.1) is 0 Å². The molecular weight excluding hydrogens is 951 g/mol. The van der Waals surface area contributed by atoms with Crippen molar-refractivity contribution < 1.29 is 58.8 Å². The molecule has 0 aliphatic heterocycles. The number of hydrogen-bond donors (Lipinski definition) is 16. The van der Waals surface area contributed by atoms with Gasteiger partial charge >= 0.3 is 5.97 Å². The second kappa shape index (κ2) is 30.9. The maximum absolute atomic E-state index is 14.1. The monoisotopic (exact) mass is 1030 g/mol. The molecule has 25 heteroatoms. The Labute approximate surface area is 426 Å². The number of unbranched alkanes of at least 4 members (excludes halogenated alkanes) is 2. The van der Waals surface area contributed by atoms with E-state index in [9.17, 15) is 58.8 Å². The van der Waals surface area contributed by atoms with E-state index < -0.39 is 114 Å². The van der Waals surface area contributed by atoms with E-state index in [-0.39, 0.29) is 51.2 Å². The Bertz CT molecular complexity index is 2000. The lowest BCUT2D eigenvalue weighted by atomic mass is 9.80. The van der Waals surface area contributed by atoms with Crippen molar-refractivity contribution in [2.75, 3.05) is 26.2 Å². The van der Waals surface area contributed by atoms with Crippen LogP contribution in [0.2, 0.25) is 0 Å². The van der Waals surface area contributed by atoms with Crippen LogP contribution in [-0.2, 0) is 38.4 Å². The number of carboxylic acids is 1. The summed E-state index contributed by atoms with van der Waals surface area (Å²) in [4.78, 5) is 111. The molecule has 1 aromatic rings. The van der Waals surface area contributed by atoms with Crippen molar-refractivity contribution in [2.45, 2.75) is 183 Å². The highest BCUT2D eigenvalue weighted by Crippen LogP contribution is 2.40. The number of nitrogens with two attached hydrogens (primary N) is 4. The van der Waals surface area contributed by atoms with Gasteiger partial charge in [-0.2, -0.15) is 0 Å². The number of aliphatic carboxylic acids is 1. The molecule has 0 heterocycles. The number of guanidine groups is 1. The molecule has 2 saturated carbocycles. The predicted octanol–water partition coefficient (Wildman–Crippen LogP) is -3.60. The summed E-state index contributed by atoms with van der Waals surface area (Å²) in [6.07, 6.45) is 3.18. The highest BCUT2D eigenvalue weighted by Gasteiger charge is 2.44. The van der Waals surface area contributed by atoms with Crippen molar-refractivity contribution in [2.24, 2.45) is 27.9 Å². The largest absolute Gasteiger partial charge is 0.480 e. The summed E-state index contributed by atoms with van der Waals surface area (Å²) in [6, 6.07) is 0.643. The van der Waals surface area contributed by atoms with E-state index >= 15 is 0 Å². The number of nitrogens with zero attached hydrogens (tertiary/aromatic N) is 1. The molecule has 410 valence electrons. The molecule has 11 atom stereocenters. The van der Waals surface area contributed by atoms with E-state index in [0.717, 1.165) is 32.7 Å². The predicted molar refractivity (Wildman–Crippen MR) is 270 cm³/mol. The Hall–Kier alpha value is -5.99. The minimum absolute atomic E-state index is 0.0277.